The van der Waals surface area contributed by atoms with Gasteiger partial charge in [-0.3, -0.25) is 4.98 Å². The summed E-state index contributed by atoms with van der Waals surface area (Å²) in [5.41, 5.74) is 5.22. The summed E-state index contributed by atoms with van der Waals surface area (Å²) in [4.78, 5) is 12.8. The highest BCUT2D eigenvalue weighted by molar-refractivity contribution is 7.99. The number of aromatic nitrogens is 4. The molecule has 0 unspecified atom stereocenters. The fourth-order valence-corrected chi connectivity index (χ4v) is 4.82. The fourth-order valence-electron chi connectivity index (χ4n) is 3.86. The number of imidazole rings is 1. The number of thioether (sulfide) groups is 1. The molecule has 0 amide bonds. The molecule has 0 aliphatic carbocycles. The number of nitrogens with one attached hydrogen (secondary N) is 2. The van der Waals surface area contributed by atoms with Crippen molar-refractivity contribution in [3.05, 3.63) is 54.5 Å². The first-order valence-electron chi connectivity index (χ1n) is 11.3. The number of benzene rings is 1. The number of hydrogen-bond donors (Lipinski definition) is 2. The lowest BCUT2D eigenvalue weighted by Crippen LogP contribution is -2.05. The van der Waals surface area contributed by atoms with Crippen LogP contribution < -0.4 is 10.1 Å². The third-order valence-electron chi connectivity index (χ3n) is 5.66. The van der Waals surface area contributed by atoms with Gasteiger partial charge in [-0.15, -0.1) is 0 Å². The van der Waals surface area contributed by atoms with E-state index in [9.17, 15) is 0 Å². The number of H-pyrrole nitrogens is 1. The van der Waals surface area contributed by atoms with Gasteiger partial charge in [-0.25, -0.2) is 4.98 Å². The van der Waals surface area contributed by atoms with Crippen molar-refractivity contribution in [3.8, 4) is 17.1 Å². The van der Waals surface area contributed by atoms with Crippen molar-refractivity contribution in [1.82, 2.24) is 19.5 Å². The molecule has 0 bridgehead atoms. The van der Waals surface area contributed by atoms with Crippen molar-refractivity contribution in [1.29, 1.82) is 0 Å². The molecule has 166 valence electrons. The Kier molecular flexibility index (Phi) is 6.08. The van der Waals surface area contributed by atoms with E-state index in [1.165, 1.54) is 0 Å². The van der Waals surface area contributed by atoms with Gasteiger partial charge in [0.2, 0.25) is 0 Å². The Morgan fingerprint density at radius 2 is 2.16 bits per heavy atom. The van der Waals surface area contributed by atoms with Gasteiger partial charge in [-0.1, -0.05) is 25.6 Å². The standard InChI is InChI=1S/C25H29N5OS/c1-17(2)7-11-31-21-3-4-22-18(13-21)14-24(29-22)23-15-19(5-9-27-23)26-8-6-20-16-30-10-12-32-25(30)28-20/h3-5,9,13-17,29H,6-8,10-12H2,1-2H3,(H,26,27). The Balaban J connectivity index is 1.23. The molecule has 0 atom stereocenters. The molecule has 0 radical (unpaired) electrons. The Hall–Kier alpha value is -2.93. The van der Waals surface area contributed by atoms with Crippen molar-refractivity contribution in [2.45, 2.75) is 38.4 Å². The van der Waals surface area contributed by atoms with Crippen molar-refractivity contribution in [2.24, 2.45) is 5.92 Å². The predicted octanol–water partition coefficient (Wildman–Crippen LogP) is 5.61. The van der Waals surface area contributed by atoms with Gasteiger partial charge in [0.05, 0.1) is 23.7 Å². The van der Waals surface area contributed by atoms with Crippen molar-refractivity contribution in [2.75, 3.05) is 24.2 Å². The van der Waals surface area contributed by atoms with Gasteiger partial charge in [0.25, 0.3) is 0 Å². The Bertz CT molecular complexity index is 1190. The van der Waals surface area contributed by atoms with Crippen LogP contribution in [-0.4, -0.2) is 38.4 Å². The van der Waals surface area contributed by atoms with Gasteiger partial charge in [0, 0.05) is 54.2 Å². The van der Waals surface area contributed by atoms with E-state index in [1.54, 1.807) is 0 Å². The van der Waals surface area contributed by atoms with Crippen LogP contribution in [0.2, 0.25) is 0 Å². The van der Waals surface area contributed by atoms with Crippen LogP contribution in [0.4, 0.5) is 5.69 Å². The second kappa shape index (κ2) is 9.28. The van der Waals surface area contributed by atoms with E-state index in [0.29, 0.717) is 5.92 Å². The number of anilines is 1. The monoisotopic (exact) mass is 447 g/mol. The molecule has 1 aliphatic heterocycles. The minimum absolute atomic E-state index is 0.643. The lowest BCUT2D eigenvalue weighted by Gasteiger charge is -2.07. The molecule has 0 fully saturated rings. The molecule has 0 saturated heterocycles. The Morgan fingerprint density at radius 3 is 3.03 bits per heavy atom. The molecule has 4 heterocycles. The summed E-state index contributed by atoms with van der Waals surface area (Å²) in [5.74, 6) is 2.70. The van der Waals surface area contributed by atoms with Crippen LogP contribution in [0.25, 0.3) is 22.3 Å². The summed E-state index contributed by atoms with van der Waals surface area (Å²) in [7, 11) is 0. The third-order valence-corrected chi connectivity index (χ3v) is 6.63. The van der Waals surface area contributed by atoms with Crippen LogP contribution in [0.3, 0.4) is 0 Å². The average Bonchev–Trinajstić information content (AvgIpc) is 3.48. The molecule has 1 aromatic carbocycles. The SMILES string of the molecule is CC(C)CCOc1ccc2[nH]c(-c3cc(NCCc4cn5c(n4)SCC5)ccn3)cc2c1. The van der Waals surface area contributed by atoms with Gasteiger partial charge in [0.1, 0.15) is 5.75 Å². The first-order valence-corrected chi connectivity index (χ1v) is 12.3. The first kappa shape index (κ1) is 20.9. The summed E-state index contributed by atoms with van der Waals surface area (Å²) in [6.45, 7) is 7.08. The molecule has 4 aromatic rings. The zero-order valence-electron chi connectivity index (χ0n) is 18.6. The summed E-state index contributed by atoms with van der Waals surface area (Å²) >= 11 is 1.84. The van der Waals surface area contributed by atoms with Crippen LogP contribution in [0.5, 0.6) is 5.75 Å². The number of fused-ring (bicyclic) bond motifs is 2. The highest BCUT2D eigenvalue weighted by atomic mass is 32.2. The van der Waals surface area contributed by atoms with E-state index in [1.807, 2.05) is 30.1 Å². The molecular formula is C25H29N5OS. The number of rotatable bonds is 9. The highest BCUT2D eigenvalue weighted by Crippen LogP contribution is 2.28. The number of pyridine rings is 1. The van der Waals surface area contributed by atoms with Gasteiger partial charge >= 0.3 is 0 Å². The van der Waals surface area contributed by atoms with Gasteiger partial charge in [-0.05, 0) is 48.7 Å². The molecule has 2 N–H and O–H groups in total. The van der Waals surface area contributed by atoms with E-state index >= 15 is 0 Å². The normalized spacial score (nSPS) is 13.1. The van der Waals surface area contributed by atoms with Crippen LogP contribution in [0.1, 0.15) is 26.0 Å². The lowest BCUT2D eigenvalue weighted by atomic mass is 10.1. The summed E-state index contributed by atoms with van der Waals surface area (Å²) in [6.07, 6.45) is 6.00. The van der Waals surface area contributed by atoms with Gasteiger partial charge < -0.3 is 19.6 Å². The number of aromatic amines is 1. The quantitative estimate of drug-likeness (QED) is 0.349. The largest absolute Gasteiger partial charge is 0.494 e. The van der Waals surface area contributed by atoms with E-state index in [4.69, 9.17) is 9.72 Å². The minimum Gasteiger partial charge on any atom is -0.494 e. The fraction of sp³-hybridized carbons (Fsp3) is 0.360. The topological polar surface area (TPSA) is 67.8 Å². The zero-order chi connectivity index (χ0) is 21.9. The molecule has 0 spiro atoms. The molecule has 6 nitrogen and oxygen atoms in total. The lowest BCUT2D eigenvalue weighted by molar-refractivity contribution is 0.290. The molecule has 1 aliphatic rings. The van der Waals surface area contributed by atoms with E-state index < -0.39 is 0 Å². The summed E-state index contributed by atoms with van der Waals surface area (Å²) < 4.78 is 8.16. The van der Waals surface area contributed by atoms with Gasteiger partial charge in [0.15, 0.2) is 5.16 Å². The maximum atomic E-state index is 5.91. The molecular weight excluding hydrogens is 418 g/mol. The number of hydrogen-bond acceptors (Lipinski definition) is 5. The van der Waals surface area contributed by atoms with E-state index in [0.717, 1.165) is 82.9 Å². The van der Waals surface area contributed by atoms with Crippen LogP contribution in [-0.2, 0) is 13.0 Å². The van der Waals surface area contributed by atoms with Crippen LogP contribution >= 0.6 is 11.8 Å². The molecule has 32 heavy (non-hydrogen) atoms. The first-order chi connectivity index (χ1) is 15.6. The second-order valence-corrected chi connectivity index (χ2v) is 9.69. The maximum absolute atomic E-state index is 5.91. The summed E-state index contributed by atoms with van der Waals surface area (Å²) in [5, 5.41) is 5.80. The Labute approximate surface area is 192 Å². The van der Waals surface area contributed by atoms with Crippen LogP contribution in [0, 0.1) is 5.92 Å². The number of nitrogens with zero attached hydrogens (tertiary/aromatic N) is 3. The smallest absolute Gasteiger partial charge is 0.168 e. The summed E-state index contributed by atoms with van der Waals surface area (Å²) in [6, 6.07) is 12.4. The minimum atomic E-state index is 0.643. The van der Waals surface area contributed by atoms with Crippen molar-refractivity contribution >= 4 is 28.4 Å². The molecule has 3 aromatic heterocycles. The number of aryl methyl sites for hydroxylation is 1. The van der Waals surface area contributed by atoms with E-state index in [-0.39, 0.29) is 0 Å². The highest BCUT2D eigenvalue weighted by Gasteiger charge is 2.14. The van der Waals surface area contributed by atoms with Crippen LogP contribution in [0.15, 0.2) is 53.9 Å². The van der Waals surface area contributed by atoms with E-state index in [2.05, 4.69) is 64.2 Å². The average molecular weight is 448 g/mol. The predicted molar refractivity (Wildman–Crippen MR) is 132 cm³/mol. The van der Waals surface area contributed by atoms with Crippen molar-refractivity contribution in [3.63, 3.8) is 0 Å². The maximum Gasteiger partial charge on any atom is 0.168 e. The zero-order valence-corrected chi connectivity index (χ0v) is 19.4. The van der Waals surface area contributed by atoms with Gasteiger partial charge in [-0.2, -0.15) is 0 Å². The Morgan fingerprint density at radius 1 is 1.22 bits per heavy atom. The van der Waals surface area contributed by atoms with Crippen molar-refractivity contribution < 1.29 is 4.74 Å². The third kappa shape index (κ3) is 4.78. The number of ether oxygens (including phenoxy) is 1. The molecule has 0 saturated carbocycles. The molecule has 5 rings (SSSR count). The second-order valence-electron chi connectivity index (χ2n) is 8.63. The molecule has 7 heteroatoms.